The van der Waals surface area contributed by atoms with Crippen LogP contribution in [0.5, 0.6) is 0 Å². The summed E-state index contributed by atoms with van der Waals surface area (Å²) in [6, 6.07) is 0. The molecule has 3 unspecified atom stereocenters. The fourth-order valence-corrected chi connectivity index (χ4v) is 14.2. The quantitative estimate of drug-likeness (QED) is 0.148. The van der Waals surface area contributed by atoms with E-state index in [9.17, 15) is 40.5 Å². The fraction of sp³-hybridized carbons (Fsp3) is 0.927. The van der Waals surface area contributed by atoms with Crippen molar-refractivity contribution < 1.29 is 59.5 Å². The number of carboxylic acids is 1. The third-order valence-electron chi connectivity index (χ3n) is 17.4. The number of aliphatic hydroxyl groups is 6. The van der Waals surface area contributed by atoms with Crippen LogP contribution in [0.25, 0.3) is 0 Å². The van der Waals surface area contributed by atoms with Crippen molar-refractivity contribution in [3.05, 3.63) is 12.2 Å². The molecule has 7 fully saturated rings. The molecule has 2 aliphatic heterocycles. The van der Waals surface area contributed by atoms with E-state index >= 15 is 0 Å². The summed E-state index contributed by atoms with van der Waals surface area (Å²) in [4.78, 5) is 13.0. The molecule has 53 heavy (non-hydrogen) atoms. The van der Waals surface area contributed by atoms with E-state index in [2.05, 4.69) is 41.2 Å². The van der Waals surface area contributed by atoms with Gasteiger partial charge in [0.2, 0.25) is 0 Å². The summed E-state index contributed by atoms with van der Waals surface area (Å²) in [6.07, 6.45) is -3.90. The first-order chi connectivity index (χ1) is 24.8. The Balaban J connectivity index is 1.14. The number of rotatable bonds is 7. The lowest BCUT2D eigenvalue weighted by molar-refractivity contribution is -0.366. The van der Waals surface area contributed by atoms with Gasteiger partial charge in [0.1, 0.15) is 36.6 Å². The van der Waals surface area contributed by atoms with Crippen LogP contribution in [0.4, 0.5) is 0 Å². The summed E-state index contributed by atoms with van der Waals surface area (Å²) in [6.45, 7) is 17.1. The van der Waals surface area contributed by atoms with Crippen LogP contribution in [0, 0.1) is 56.7 Å². The number of carboxylic acid groups (broad SMARTS) is 1. The highest BCUT2D eigenvalue weighted by Gasteiger charge is 2.72. The van der Waals surface area contributed by atoms with E-state index in [0.29, 0.717) is 24.7 Å². The number of aliphatic hydroxyl groups excluding tert-OH is 6. The third kappa shape index (κ3) is 5.69. The highest BCUT2D eigenvalue weighted by atomic mass is 16.8. The van der Waals surface area contributed by atoms with Gasteiger partial charge in [0.15, 0.2) is 12.6 Å². The van der Waals surface area contributed by atoms with Crippen LogP contribution in [0.1, 0.15) is 106 Å². The summed E-state index contributed by atoms with van der Waals surface area (Å²) in [5.41, 5.74) is -0.394. The second-order valence-electron chi connectivity index (χ2n) is 19.5. The van der Waals surface area contributed by atoms with Gasteiger partial charge >= 0.3 is 5.97 Å². The summed E-state index contributed by atoms with van der Waals surface area (Å²) in [5.74, 6) is 0.490. The molecule has 0 aromatic rings. The first kappa shape index (κ1) is 40.0. The summed E-state index contributed by atoms with van der Waals surface area (Å²) in [5, 5.41) is 74.9. The molecule has 0 radical (unpaired) electrons. The smallest absolute Gasteiger partial charge is 0.309 e. The normalized spacial score (nSPS) is 56.7. The average molecular weight is 751 g/mol. The molecule has 0 amide bonds. The molecule has 12 heteroatoms. The molecule has 302 valence electrons. The molecule has 0 aromatic carbocycles. The van der Waals surface area contributed by atoms with Gasteiger partial charge in [-0.1, -0.05) is 39.8 Å². The number of aliphatic carboxylic acids is 1. The van der Waals surface area contributed by atoms with E-state index < -0.39 is 78.2 Å². The second-order valence-corrected chi connectivity index (χ2v) is 19.5. The van der Waals surface area contributed by atoms with Crippen molar-refractivity contribution in [2.24, 2.45) is 56.7 Å². The maximum atomic E-state index is 13.0. The molecule has 0 spiro atoms. The van der Waals surface area contributed by atoms with Crippen molar-refractivity contribution in [3.63, 3.8) is 0 Å². The maximum Gasteiger partial charge on any atom is 0.309 e. The van der Waals surface area contributed by atoms with Crippen molar-refractivity contribution >= 4 is 5.97 Å². The molecule has 5 saturated carbocycles. The lowest BCUT2D eigenvalue weighted by Gasteiger charge is -2.73. The largest absolute Gasteiger partial charge is 0.481 e. The third-order valence-corrected chi connectivity index (χ3v) is 17.4. The Hall–Kier alpha value is -1.19. The Morgan fingerprint density at radius 2 is 1.51 bits per heavy atom. The summed E-state index contributed by atoms with van der Waals surface area (Å²) >= 11 is 0. The Kier molecular flexibility index (Phi) is 10.4. The van der Waals surface area contributed by atoms with Gasteiger partial charge in [-0.3, -0.25) is 4.79 Å². The Morgan fingerprint density at radius 1 is 0.792 bits per heavy atom. The lowest BCUT2D eigenvalue weighted by Crippen LogP contribution is -2.68. The molecule has 2 saturated heterocycles. The highest BCUT2D eigenvalue weighted by Crippen LogP contribution is 2.77. The molecular weight excluding hydrogens is 684 g/mol. The number of allylic oxidation sites excluding steroid dienone is 1. The number of fused-ring (bicyclic) bond motifs is 7. The van der Waals surface area contributed by atoms with Crippen LogP contribution >= 0.6 is 0 Å². The summed E-state index contributed by atoms with van der Waals surface area (Å²) in [7, 11) is 0. The van der Waals surface area contributed by atoms with Gasteiger partial charge in [-0.2, -0.15) is 0 Å². The minimum atomic E-state index is -1.62. The zero-order valence-corrected chi connectivity index (χ0v) is 32.5. The first-order valence-electron chi connectivity index (χ1n) is 20.3. The highest BCUT2D eigenvalue weighted by molar-refractivity contribution is 5.76. The Bertz CT molecular complexity index is 1410. The van der Waals surface area contributed by atoms with Crippen molar-refractivity contribution in [3.8, 4) is 0 Å². The van der Waals surface area contributed by atoms with Crippen LogP contribution in [0.3, 0.4) is 0 Å². The molecule has 20 atom stereocenters. The van der Waals surface area contributed by atoms with Gasteiger partial charge in [0, 0.05) is 5.41 Å². The minimum absolute atomic E-state index is 0.0140. The van der Waals surface area contributed by atoms with Crippen LogP contribution in [-0.2, 0) is 23.7 Å². The molecular formula is C41H66O12. The molecule has 2 heterocycles. The van der Waals surface area contributed by atoms with Gasteiger partial charge in [0.25, 0.3) is 0 Å². The van der Waals surface area contributed by atoms with Crippen molar-refractivity contribution in [2.45, 2.75) is 167 Å². The molecule has 0 aromatic heterocycles. The van der Waals surface area contributed by atoms with E-state index in [0.717, 1.165) is 56.9 Å². The van der Waals surface area contributed by atoms with Crippen molar-refractivity contribution in [2.75, 3.05) is 13.2 Å². The Labute approximate surface area is 314 Å². The van der Waals surface area contributed by atoms with Gasteiger partial charge in [0.05, 0.1) is 30.8 Å². The van der Waals surface area contributed by atoms with E-state index in [1.807, 2.05) is 0 Å². The number of hydrogen-bond donors (Lipinski definition) is 7. The predicted octanol–water partition coefficient (Wildman–Crippen LogP) is 3.38. The molecule has 5 aliphatic carbocycles. The fourth-order valence-electron chi connectivity index (χ4n) is 14.2. The van der Waals surface area contributed by atoms with Crippen LogP contribution in [0.15, 0.2) is 12.2 Å². The molecule has 7 aliphatic rings. The minimum Gasteiger partial charge on any atom is -0.481 e. The monoisotopic (exact) mass is 750 g/mol. The predicted molar refractivity (Wildman–Crippen MR) is 192 cm³/mol. The molecule has 0 bridgehead atoms. The standard InChI is InChI=1S/C41H66O12/c1-20(2)22-10-15-41(36(48)49)17-16-39(6)23(28(22)41)8-9-26-37(4)13-12-27(38(5,19-42)25(37)11-14-40(26,39)7)52-35-33(30(45)24(43)18-50-35)53-34-32(47)31(46)29(44)21(3)51-34/h21-35,42-47H,1,8-19H2,2-7H3,(H,48,49)/t21-,22?,23?,24-,25+,26+,27-,28+,29-,30-,31+,32+,33+,34-,35?,37-,38-,39+,40+,41-/m0/s1. The number of hydrogen-bond acceptors (Lipinski definition) is 11. The second kappa shape index (κ2) is 13.7. The zero-order valence-electron chi connectivity index (χ0n) is 32.5. The zero-order chi connectivity index (χ0) is 38.6. The van der Waals surface area contributed by atoms with Crippen LogP contribution in [-0.4, -0.2) is 116 Å². The van der Waals surface area contributed by atoms with Gasteiger partial charge in [-0.15, -0.1) is 0 Å². The molecule has 7 N–H and O–H groups in total. The SMILES string of the molecule is C=C(C)C1CC[C@]2(C(=O)O)CC[C@]3(C)C(CC[C@@H]4[C@@]5(C)CC[C@H](OC6OC[C@H](O)[C@H](O)[C@H]6O[C@@H]6O[C@@H](C)[C@H](O)[C@@H](O)[C@H]6O)[C@@](C)(CO)[C@@H]5CC[C@]43C)[C@@H]12. The van der Waals surface area contributed by atoms with E-state index in [-0.39, 0.29) is 47.2 Å². The molecule has 12 nitrogen and oxygen atoms in total. The molecule has 7 rings (SSSR count). The Morgan fingerprint density at radius 3 is 2.17 bits per heavy atom. The first-order valence-corrected chi connectivity index (χ1v) is 20.3. The lowest BCUT2D eigenvalue weighted by atomic mass is 9.32. The number of carbonyl (C=O) groups is 1. The van der Waals surface area contributed by atoms with Crippen LogP contribution < -0.4 is 0 Å². The number of ether oxygens (including phenoxy) is 4. The van der Waals surface area contributed by atoms with Crippen molar-refractivity contribution in [1.29, 1.82) is 0 Å². The topological polar surface area (TPSA) is 196 Å². The van der Waals surface area contributed by atoms with Crippen LogP contribution in [0.2, 0.25) is 0 Å². The van der Waals surface area contributed by atoms with E-state index in [1.165, 1.54) is 6.92 Å². The van der Waals surface area contributed by atoms with Gasteiger partial charge < -0.3 is 54.7 Å². The van der Waals surface area contributed by atoms with E-state index in [1.54, 1.807) is 0 Å². The average Bonchev–Trinajstić information content (AvgIpc) is 3.52. The van der Waals surface area contributed by atoms with Crippen molar-refractivity contribution in [1.82, 2.24) is 0 Å². The summed E-state index contributed by atoms with van der Waals surface area (Å²) < 4.78 is 24.3. The van der Waals surface area contributed by atoms with Gasteiger partial charge in [-0.05, 0) is 124 Å². The van der Waals surface area contributed by atoms with Gasteiger partial charge in [-0.25, -0.2) is 0 Å². The maximum absolute atomic E-state index is 13.0. The van der Waals surface area contributed by atoms with E-state index in [4.69, 9.17) is 18.9 Å².